The lowest BCUT2D eigenvalue weighted by atomic mass is 9.64. The minimum Gasteiger partial charge on any atom is -0.392 e. The molecule has 17 heavy (non-hydrogen) atoms. The third-order valence-electron chi connectivity index (χ3n) is 3.96. The zero-order chi connectivity index (χ0) is 12.5. The quantitative estimate of drug-likeness (QED) is 0.834. The second-order valence-corrected chi connectivity index (χ2v) is 5.48. The highest BCUT2D eigenvalue weighted by Crippen LogP contribution is 2.40. The summed E-state index contributed by atoms with van der Waals surface area (Å²) < 4.78 is 0. The Balaban J connectivity index is 1.86. The minimum absolute atomic E-state index is 0.0169. The van der Waals surface area contributed by atoms with Gasteiger partial charge in [0.2, 0.25) is 0 Å². The minimum atomic E-state index is -0.176. The fourth-order valence-corrected chi connectivity index (χ4v) is 2.27. The molecule has 0 bridgehead atoms. The monoisotopic (exact) mass is 231 g/mol. The first-order valence-electron chi connectivity index (χ1n) is 6.16. The molecule has 1 aliphatic rings. The van der Waals surface area contributed by atoms with Crippen LogP contribution in [0.5, 0.6) is 0 Å². The molecule has 2 rings (SSSR count). The van der Waals surface area contributed by atoms with Crippen LogP contribution in [-0.4, -0.2) is 23.8 Å². The van der Waals surface area contributed by atoms with E-state index in [-0.39, 0.29) is 11.5 Å². The number of aliphatic hydroxyl groups is 1. The Bertz CT molecular complexity index is 397. The van der Waals surface area contributed by atoms with Crippen LogP contribution in [0.3, 0.4) is 0 Å². The molecule has 0 saturated heterocycles. The maximum atomic E-state index is 9.67. The van der Waals surface area contributed by atoms with E-state index in [9.17, 15) is 5.11 Å². The fourth-order valence-electron chi connectivity index (χ4n) is 2.27. The number of hydrogen-bond donors (Lipinski definition) is 2. The third kappa shape index (κ3) is 2.43. The van der Waals surface area contributed by atoms with E-state index in [1.807, 2.05) is 18.2 Å². The SMILES string of the molecule is C=C(CNC1CC(O)C1(C)C)c1ccccc1. The normalized spacial score (nSPS) is 26.3. The van der Waals surface area contributed by atoms with E-state index in [2.05, 4.69) is 37.9 Å². The van der Waals surface area contributed by atoms with Crippen molar-refractivity contribution in [3.05, 3.63) is 42.5 Å². The average Bonchev–Trinajstić information content (AvgIpc) is 2.35. The van der Waals surface area contributed by atoms with Crippen LogP contribution in [0.25, 0.3) is 5.57 Å². The van der Waals surface area contributed by atoms with Crippen molar-refractivity contribution < 1.29 is 5.11 Å². The molecule has 92 valence electrons. The maximum absolute atomic E-state index is 9.67. The van der Waals surface area contributed by atoms with Crippen molar-refractivity contribution >= 4 is 5.57 Å². The van der Waals surface area contributed by atoms with Crippen LogP contribution in [0.1, 0.15) is 25.8 Å². The summed E-state index contributed by atoms with van der Waals surface area (Å²) in [5.74, 6) is 0. The van der Waals surface area contributed by atoms with Gasteiger partial charge in [0, 0.05) is 18.0 Å². The van der Waals surface area contributed by atoms with E-state index in [0.717, 1.165) is 18.5 Å². The lowest BCUT2D eigenvalue weighted by Crippen LogP contribution is -2.60. The van der Waals surface area contributed by atoms with Crippen molar-refractivity contribution in [2.45, 2.75) is 32.4 Å². The zero-order valence-electron chi connectivity index (χ0n) is 10.6. The molecule has 2 heteroatoms. The second kappa shape index (κ2) is 4.63. The standard InChI is InChI=1S/C15H21NO/c1-11(12-7-5-4-6-8-12)10-16-13-9-14(17)15(13,2)3/h4-8,13-14,16-17H,1,9-10H2,2-3H3. The summed E-state index contributed by atoms with van der Waals surface area (Å²) in [4.78, 5) is 0. The van der Waals surface area contributed by atoms with Crippen molar-refractivity contribution in [1.82, 2.24) is 5.32 Å². The summed E-state index contributed by atoms with van der Waals surface area (Å²) in [7, 11) is 0. The van der Waals surface area contributed by atoms with Gasteiger partial charge in [-0.1, -0.05) is 50.8 Å². The highest BCUT2D eigenvalue weighted by molar-refractivity contribution is 5.64. The van der Waals surface area contributed by atoms with Crippen LogP contribution in [0.2, 0.25) is 0 Å². The molecule has 0 spiro atoms. The van der Waals surface area contributed by atoms with Gasteiger partial charge < -0.3 is 10.4 Å². The van der Waals surface area contributed by atoms with Crippen molar-refractivity contribution in [3.8, 4) is 0 Å². The van der Waals surface area contributed by atoms with Gasteiger partial charge in [-0.2, -0.15) is 0 Å². The van der Waals surface area contributed by atoms with Gasteiger partial charge in [-0.05, 0) is 17.6 Å². The van der Waals surface area contributed by atoms with Gasteiger partial charge >= 0.3 is 0 Å². The zero-order valence-corrected chi connectivity index (χ0v) is 10.6. The molecule has 0 heterocycles. The molecule has 2 atom stereocenters. The Kier molecular flexibility index (Phi) is 3.36. The molecule has 1 saturated carbocycles. The first kappa shape index (κ1) is 12.3. The lowest BCUT2D eigenvalue weighted by Gasteiger charge is -2.49. The van der Waals surface area contributed by atoms with Crippen molar-refractivity contribution in [1.29, 1.82) is 0 Å². The fraction of sp³-hybridized carbons (Fsp3) is 0.467. The summed E-state index contributed by atoms with van der Waals surface area (Å²) in [6.07, 6.45) is 0.666. The summed E-state index contributed by atoms with van der Waals surface area (Å²) in [6.45, 7) is 9.08. The molecule has 1 aromatic rings. The number of nitrogens with one attached hydrogen (secondary N) is 1. The number of benzene rings is 1. The van der Waals surface area contributed by atoms with E-state index in [4.69, 9.17) is 0 Å². The van der Waals surface area contributed by atoms with E-state index in [1.54, 1.807) is 0 Å². The van der Waals surface area contributed by atoms with E-state index in [0.29, 0.717) is 6.04 Å². The Hall–Kier alpha value is -1.12. The van der Waals surface area contributed by atoms with Crippen LogP contribution in [-0.2, 0) is 0 Å². The summed E-state index contributed by atoms with van der Waals surface area (Å²) in [6, 6.07) is 10.6. The third-order valence-corrected chi connectivity index (χ3v) is 3.96. The van der Waals surface area contributed by atoms with Gasteiger partial charge in [0.25, 0.3) is 0 Å². The largest absolute Gasteiger partial charge is 0.392 e. The molecule has 0 radical (unpaired) electrons. The summed E-state index contributed by atoms with van der Waals surface area (Å²) in [5, 5.41) is 13.1. The van der Waals surface area contributed by atoms with Crippen LogP contribution >= 0.6 is 0 Å². The Morgan fingerprint density at radius 2 is 2.06 bits per heavy atom. The first-order valence-corrected chi connectivity index (χ1v) is 6.16. The van der Waals surface area contributed by atoms with Crippen LogP contribution < -0.4 is 5.32 Å². The van der Waals surface area contributed by atoms with Crippen molar-refractivity contribution in [2.24, 2.45) is 5.41 Å². The number of aliphatic hydroxyl groups excluding tert-OH is 1. The molecule has 0 aromatic heterocycles. The molecule has 0 amide bonds. The second-order valence-electron chi connectivity index (χ2n) is 5.48. The average molecular weight is 231 g/mol. The molecule has 2 nitrogen and oxygen atoms in total. The number of rotatable bonds is 4. The molecule has 0 aliphatic heterocycles. The first-order chi connectivity index (χ1) is 8.01. The summed E-state index contributed by atoms with van der Waals surface area (Å²) in [5.41, 5.74) is 2.26. The molecular weight excluding hydrogens is 210 g/mol. The molecule has 1 aliphatic carbocycles. The highest BCUT2D eigenvalue weighted by Gasteiger charge is 2.46. The van der Waals surface area contributed by atoms with Gasteiger partial charge in [-0.25, -0.2) is 0 Å². The van der Waals surface area contributed by atoms with E-state index < -0.39 is 0 Å². The van der Waals surface area contributed by atoms with Gasteiger partial charge in [0.1, 0.15) is 0 Å². The van der Waals surface area contributed by atoms with Crippen LogP contribution in [0.15, 0.2) is 36.9 Å². The topological polar surface area (TPSA) is 32.3 Å². The maximum Gasteiger partial charge on any atom is 0.0621 e. The molecule has 1 aromatic carbocycles. The van der Waals surface area contributed by atoms with E-state index in [1.165, 1.54) is 5.56 Å². The molecular formula is C15H21NO. The predicted molar refractivity (Wildman–Crippen MR) is 71.7 cm³/mol. The van der Waals surface area contributed by atoms with Gasteiger partial charge in [-0.3, -0.25) is 0 Å². The van der Waals surface area contributed by atoms with Crippen LogP contribution in [0, 0.1) is 5.41 Å². The Morgan fingerprint density at radius 3 is 2.59 bits per heavy atom. The van der Waals surface area contributed by atoms with E-state index >= 15 is 0 Å². The molecule has 2 unspecified atom stereocenters. The number of hydrogen-bond acceptors (Lipinski definition) is 2. The van der Waals surface area contributed by atoms with Crippen molar-refractivity contribution in [2.75, 3.05) is 6.54 Å². The smallest absolute Gasteiger partial charge is 0.0621 e. The van der Waals surface area contributed by atoms with Gasteiger partial charge in [-0.15, -0.1) is 0 Å². The van der Waals surface area contributed by atoms with Gasteiger partial charge in [0.15, 0.2) is 0 Å². The summed E-state index contributed by atoms with van der Waals surface area (Å²) >= 11 is 0. The lowest BCUT2D eigenvalue weighted by molar-refractivity contribution is -0.0710. The predicted octanol–water partition coefficient (Wildman–Crippen LogP) is 2.45. The van der Waals surface area contributed by atoms with Crippen LogP contribution in [0.4, 0.5) is 0 Å². The van der Waals surface area contributed by atoms with Crippen molar-refractivity contribution in [3.63, 3.8) is 0 Å². The highest BCUT2D eigenvalue weighted by atomic mass is 16.3. The molecule has 2 N–H and O–H groups in total. The van der Waals surface area contributed by atoms with Gasteiger partial charge in [0.05, 0.1) is 6.10 Å². The molecule has 1 fully saturated rings. The Morgan fingerprint density at radius 1 is 1.41 bits per heavy atom. The Labute approximate surface area is 103 Å².